The second kappa shape index (κ2) is 6.05. The number of rotatable bonds is 3. The molecule has 1 amide bonds. The molecule has 1 aliphatic heterocycles. The Bertz CT molecular complexity index is 593. The van der Waals surface area contributed by atoms with Crippen LogP contribution in [0.5, 0.6) is 0 Å². The van der Waals surface area contributed by atoms with Gasteiger partial charge in [-0.25, -0.2) is 9.67 Å². The molecule has 1 aliphatic rings. The van der Waals surface area contributed by atoms with Gasteiger partial charge in [0.1, 0.15) is 12.7 Å². The number of benzene rings is 1. The number of carbonyl (C=O) groups is 1. The van der Waals surface area contributed by atoms with Crippen LogP contribution in [0, 0.1) is 5.92 Å². The van der Waals surface area contributed by atoms with Crippen molar-refractivity contribution in [3.63, 3.8) is 0 Å². The van der Waals surface area contributed by atoms with Crippen LogP contribution >= 0.6 is 0 Å². The molecule has 21 heavy (non-hydrogen) atoms. The molecule has 6 heteroatoms. The van der Waals surface area contributed by atoms with Gasteiger partial charge in [0.05, 0.1) is 11.7 Å². The maximum Gasteiger partial charge on any atom is 0.241 e. The monoisotopic (exact) mass is 285 g/mol. The highest BCUT2D eigenvalue weighted by atomic mass is 16.2. The number of nitrogens with one attached hydrogen (secondary N) is 2. The molecule has 3 rings (SSSR count). The van der Waals surface area contributed by atoms with Gasteiger partial charge in [0.15, 0.2) is 0 Å². The van der Waals surface area contributed by atoms with Crippen LogP contribution in [0.15, 0.2) is 36.9 Å². The molecule has 6 nitrogen and oxygen atoms in total. The fourth-order valence-electron chi connectivity index (χ4n) is 2.58. The van der Waals surface area contributed by atoms with E-state index in [1.807, 2.05) is 24.3 Å². The van der Waals surface area contributed by atoms with E-state index in [1.165, 1.54) is 6.33 Å². The lowest BCUT2D eigenvalue weighted by molar-refractivity contribution is -0.119. The average Bonchev–Trinajstić information content (AvgIpc) is 3.02. The first-order chi connectivity index (χ1) is 10.2. The molecule has 2 atom stereocenters. The minimum atomic E-state index is -0.0938. The number of hydrogen-bond acceptors (Lipinski definition) is 4. The molecule has 110 valence electrons. The molecule has 0 aliphatic carbocycles. The first-order valence-electron chi connectivity index (χ1n) is 7.21. The summed E-state index contributed by atoms with van der Waals surface area (Å²) in [5.41, 5.74) is 1.71. The minimum Gasteiger partial charge on any atom is -0.325 e. The van der Waals surface area contributed by atoms with Crippen molar-refractivity contribution < 1.29 is 4.79 Å². The Hall–Kier alpha value is -2.21. The maximum atomic E-state index is 12.2. The van der Waals surface area contributed by atoms with E-state index < -0.39 is 0 Å². The van der Waals surface area contributed by atoms with Gasteiger partial charge < -0.3 is 10.6 Å². The highest BCUT2D eigenvalue weighted by Gasteiger charge is 2.24. The lowest BCUT2D eigenvalue weighted by Crippen LogP contribution is -2.45. The van der Waals surface area contributed by atoms with Gasteiger partial charge in [-0.2, -0.15) is 5.10 Å². The molecule has 2 unspecified atom stereocenters. The molecule has 2 aromatic rings. The molecule has 0 radical (unpaired) electrons. The van der Waals surface area contributed by atoms with Gasteiger partial charge in [-0.15, -0.1) is 0 Å². The fraction of sp³-hybridized carbons (Fsp3) is 0.400. The summed E-state index contributed by atoms with van der Waals surface area (Å²) in [7, 11) is 0. The number of piperidine rings is 1. The zero-order chi connectivity index (χ0) is 14.7. The largest absolute Gasteiger partial charge is 0.325 e. The number of carbonyl (C=O) groups excluding carboxylic acids is 1. The summed E-state index contributed by atoms with van der Waals surface area (Å²) < 4.78 is 1.68. The topological polar surface area (TPSA) is 71.8 Å². The number of anilines is 1. The van der Waals surface area contributed by atoms with Crippen molar-refractivity contribution >= 4 is 11.6 Å². The predicted octanol–water partition coefficient (Wildman–Crippen LogP) is 1.59. The highest BCUT2D eigenvalue weighted by Crippen LogP contribution is 2.17. The molecule has 1 aromatic carbocycles. The summed E-state index contributed by atoms with van der Waals surface area (Å²) >= 11 is 0. The van der Waals surface area contributed by atoms with Gasteiger partial charge in [-0.3, -0.25) is 4.79 Å². The first kappa shape index (κ1) is 13.8. The normalized spacial score (nSPS) is 22.0. The average molecular weight is 285 g/mol. The van der Waals surface area contributed by atoms with Gasteiger partial charge in [0.2, 0.25) is 5.91 Å². The van der Waals surface area contributed by atoms with E-state index in [2.05, 4.69) is 27.6 Å². The number of amides is 1. The lowest BCUT2D eigenvalue weighted by Gasteiger charge is -2.27. The van der Waals surface area contributed by atoms with Crippen LogP contribution in [0.3, 0.4) is 0 Å². The third-order valence-electron chi connectivity index (χ3n) is 3.80. The standard InChI is InChI=1S/C15H19N5O/c1-11-6-7-17-14(8-11)15(21)19-12-2-4-13(5-3-12)20-10-16-9-18-20/h2-5,9-11,14,17H,6-8H2,1H3,(H,19,21). The molecule has 2 N–H and O–H groups in total. The zero-order valence-corrected chi connectivity index (χ0v) is 12.0. The fourth-order valence-corrected chi connectivity index (χ4v) is 2.58. The summed E-state index contributed by atoms with van der Waals surface area (Å²) in [4.78, 5) is 16.1. The molecule has 1 aromatic heterocycles. The molecule has 0 spiro atoms. The van der Waals surface area contributed by atoms with Gasteiger partial charge in [-0.05, 0) is 49.6 Å². The maximum absolute atomic E-state index is 12.2. The van der Waals surface area contributed by atoms with Crippen molar-refractivity contribution in [2.24, 2.45) is 5.92 Å². The Morgan fingerprint density at radius 2 is 2.19 bits per heavy atom. The summed E-state index contributed by atoms with van der Waals surface area (Å²) in [5.74, 6) is 0.631. The van der Waals surface area contributed by atoms with E-state index in [4.69, 9.17) is 0 Å². The molecule has 0 bridgehead atoms. The van der Waals surface area contributed by atoms with Crippen LogP contribution in [0.4, 0.5) is 5.69 Å². The van der Waals surface area contributed by atoms with Crippen molar-refractivity contribution in [2.75, 3.05) is 11.9 Å². The highest BCUT2D eigenvalue weighted by molar-refractivity contribution is 5.94. The third kappa shape index (κ3) is 3.28. The van der Waals surface area contributed by atoms with E-state index in [9.17, 15) is 4.79 Å². The Labute approximate surface area is 123 Å². The smallest absolute Gasteiger partial charge is 0.241 e. The molecular formula is C15H19N5O. The minimum absolute atomic E-state index is 0.0371. The lowest BCUT2D eigenvalue weighted by atomic mass is 9.94. The second-order valence-corrected chi connectivity index (χ2v) is 5.51. The SMILES string of the molecule is CC1CCNC(C(=O)Nc2ccc(-n3cncn3)cc2)C1. The van der Waals surface area contributed by atoms with Crippen molar-refractivity contribution in [2.45, 2.75) is 25.8 Å². The van der Waals surface area contributed by atoms with Crippen molar-refractivity contribution in [1.29, 1.82) is 0 Å². The number of nitrogens with zero attached hydrogens (tertiary/aromatic N) is 3. The van der Waals surface area contributed by atoms with E-state index in [1.54, 1.807) is 11.0 Å². The van der Waals surface area contributed by atoms with Crippen molar-refractivity contribution in [3.05, 3.63) is 36.9 Å². The van der Waals surface area contributed by atoms with Crippen molar-refractivity contribution in [1.82, 2.24) is 20.1 Å². The quantitative estimate of drug-likeness (QED) is 0.898. The van der Waals surface area contributed by atoms with Crippen LogP contribution in [0.2, 0.25) is 0 Å². The molecule has 1 fully saturated rings. The summed E-state index contributed by atoms with van der Waals surface area (Å²) in [6.45, 7) is 3.10. The van der Waals surface area contributed by atoms with E-state index in [0.29, 0.717) is 5.92 Å². The number of hydrogen-bond donors (Lipinski definition) is 2. The molecular weight excluding hydrogens is 266 g/mol. The summed E-state index contributed by atoms with van der Waals surface area (Å²) in [6.07, 6.45) is 5.16. The van der Waals surface area contributed by atoms with E-state index in [0.717, 1.165) is 30.8 Å². The zero-order valence-electron chi connectivity index (χ0n) is 12.0. The van der Waals surface area contributed by atoms with E-state index >= 15 is 0 Å². The van der Waals surface area contributed by atoms with Crippen LogP contribution < -0.4 is 10.6 Å². The summed E-state index contributed by atoms with van der Waals surface area (Å²) in [6, 6.07) is 7.47. The molecule has 1 saturated heterocycles. The third-order valence-corrected chi connectivity index (χ3v) is 3.80. The number of aromatic nitrogens is 3. The van der Waals surface area contributed by atoms with Crippen molar-refractivity contribution in [3.8, 4) is 5.69 Å². The Kier molecular flexibility index (Phi) is 3.96. The molecule has 2 heterocycles. The Morgan fingerprint density at radius 3 is 2.86 bits per heavy atom. The van der Waals surface area contributed by atoms with Crippen LogP contribution in [0.1, 0.15) is 19.8 Å². The first-order valence-corrected chi connectivity index (χ1v) is 7.21. The summed E-state index contributed by atoms with van der Waals surface area (Å²) in [5, 5.41) is 10.3. The Morgan fingerprint density at radius 1 is 1.38 bits per heavy atom. The van der Waals surface area contributed by atoms with Gasteiger partial charge >= 0.3 is 0 Å². The Balaban J connectivity index is 1.63. The van der Waals surface area contributed by atoms with Crippen LogP contribution in [0.25, 0.3) is 5.69 Å². The van der Waals surface area contributed by atoms with Gasteiger partial charge in [0.25, 0.3) is 0 Å². The van der Waals surface area contributed by atoms with Crippen LogP contribution in [-0.2, 0) is 4.79 Å². The predicted molar refractivity (Wildman–Crippen MR) is 80.2 cm³/mol. The van der Waals surface area contributed by atoms with Crippen LogP contribution in [-0.4, -0.2) is 33.3 Å². The molecule has 0 saturated carbocycles. The van der Waals surface area contributed by atoms with Gasteiger partial charge in [0, 0.05) is 5.69 Å². The van der Waals surface area contributed by atoms with Gasteiger partial charge in [-0.1, -0.05) is 6.92 Å². The second-order valence-electron chi connectivity index (χ2n) is 5.51. The van der Waals surface area contributed by atoms with E-state index in [-0.39, 0.29) is 11.9 Å².